The topological polar surface area (TPSA) is 30.5 Å². The summed E-state index contributed by atoms with van der Waals surface area (Å²) >= 11 is 3.58. The summed E-state index contributed by atoms with van der Waals surface area (Å²) in [7, 11) is 1.71. The minimum absolute atomic E-state index is 0.727. The Morgan fingerprint density at radius 2 is 2.00 bits per heavy atom. The van der Waals surface area contributed by atoms with Crippen molar-refractivity contribution < 1.29 is 9.47 Å². The lowest BCUT2D eigenvalue weighted by Gasteiger charge is -2.10. The molecule has 0 aliphatic carbocycles. The largest absolute Gasteiger partial charge is 0.494 e. The maximum Gasteiger partial charge on any atom is 0.119 e. The van der Waals surface area contributed by atoms with Crippen LogP contribution in [0.2, 0.25) is 0 Å². The van der Waals surface area contributed by atoms with Crippen LogP contribution >= 0.6 is 15.9 Å². The third-order valence-electron chi connectivity index (χ3n) is 3.08. The average molecular weight is 344 g/mol. The van der Waals surface area contributed by atoms with Crippen LogP contribution < -0.4 is 10.1 Å². The predicted molar refractivity (Wildman–Crippen MR) is 87.4 cm³/mol. The van der Waals surface area contributed by atoms with E-state index >= 15 is 0 Å². The van der Waals surface area contributed by atoms with Gasteiger partial charge in [0.1, 0.15) is 5.75 Å². The summed E-state index contributed by atoms with van der Waals surface area (Å²) in [6.07, 6.45) is 4.93. The van der Waals surface area contributed by atoms with Crippen molar-refractivity contribution in [1.29, 1.82) is 0 Å². The Morgan fingerprint density at radius 1 is 1.15 bits per heavy atom. The Morgan fingerprint density at radius 3 is 2.75 bits per heavy atom. The quantitative estimate of drug-likeness (QED) is 0.612. The highest BCUT2D eigenvalue weighted by Gasteiger charge is 2.02. The van der Waals surface area contributed by atoms with Crippen molar-refractivity contribution in [2.45, 2.75) is 39.2 Å². The van der Waals surface area contributed by atoms with Gasteiger partial charge in [-0.05, 0) is 30.2 Å². The zero-order valence-electron chi connectivity index (χ0n) is 12.6. The first-order chi connectivity index (χ1) is 9.77. The van der Waals surface area contributed by atoms with Crippen molar-refractivity contribution >= 4 is 15.9 Å². The molecule has 0 saturated heterocycles. The van der Waals surface area contributed by atoms with E-state index in [1.807, 2.05) is 6.07 Å². The van der Waals surface area contributed by atoms with E-state index in [9.17, 15) is 0 Å². The van der Waals surface area contributed by atoms with Crippen molar-refractivity contribution in [3.63, 3.8) is 0 Å². The molecule has 114 valence electrons. The number of hydrogen-bond acceptors (Lipinski definition) is 3. The molecule has 0 heterocycles. The molecule has 4 heteroatoms. The smallest absolute Gasteiger partial charge is 0.119 e. The Labute approximate surface area is 131 Å². The van der Waals surface area contributed by atoms with Gasteiger partial charge in [0.2, 0.25) is 0 Å². The molecule has 0 atom stereocenters. The summed E-state index contributed by atoms with van der Waals surface area (Å²) in [6, 6.07) is 6.17. The van der Waals surface area contributed by atoms with Crippen molar-refractivity contribution in [2.75, 3.05) is 26.9 Å². The van der Waals surface area contributed by atoms with E-state index < -0.39 is 0 Å². The summed E-state index contributed by atoms with van der Waals surface area (Å²) in [6.45, 7) is 5.42. The molecule has 0 fully saturated rings. The Hall–Kier alpha value is -0.580. The lowest BCUT2D eigenvalue weighted by molar-refractivity contribution is 0.199. The average Bonchev–Trinajstić information content (AvgIpc) is 2.46. The van der Waals surface area contributed by atoms with Gasteiger partial charge < -0.3 is 14.8 Å². The molecule has 0 spiro atoms. The first kappa shape index (κ1) is 17.5. The van der Waals surface area contributed by atoms with E-state index in [4.69, 9.17) is 9.47 Å². The van der Waals surface area contributed by atoms with E-state index in [1.54, 1.807) is 7.11 Å². The van der Waals surface area contributed by atoms with E-state index in [1.165, 1.54) is 24.8 Å². The minimum Gasteiger partial charge on any atom is -0.494 e. The maximum atomic E-state index is 5.80. The molecule has 3 nitrogen and oxygen atoms in total. The zero-order chi connectivity index (χ0) is 14.6. The highest BCUT2D eigenvalue weighted by molar-refractivity contribution is 9.10. The van der Waals surface area contributed by atoms with Crippen molar-refractivity contribution in [2.24, 2.45) is 0 Å². The van der Waals surface area contributed by atoms with Crippen molar-refractivity contribution in [3.8, 4) is 5.75 Å². The number of rotatable bonds is 11. The Kier molecular flexibility index (Phi) is 9.71. The standard InChI is InChI=1S/C16H26BrNO2/c1-3-4-5-6-10-20-15-7-8-16(17)14(12-15)13-18-9-11-19-2/h7-8,12,18H,3-6,9-11,13H2,1-2H3. The van der Waals surface area contributed by atoms with E-state index in [-0.39, 0.29) is 0 Å². The molecule has 0 aromatic heterocycles. The highest BCUT2D eigenvalue weighted by Crippen LogP contribution is 2.22. The van der Waals surface area contributed by atoms with Gasteiger partial charge in [-0.1, -0.05) is 42.1 Å². The summed E-state index contributed by atoms with van der Waals surface area (Å²) < 4.78 is 11.9. The molecule has 1 aromatic rings. The number of hydrogen-bond donors (Lipinski definition) is 1. The first-order valence-corrected chi connectivity index (χ1v) is 8.18. The number of methoxy groups -OCH3 is 1. The lowest BCUT2D eigenvalue weighted by atomic mass is 10.2. The van der Waals surface area contributed by atoms with Crippen LogP contribution in [0, 0.1) is 0 Å². The third kappa shape index (κ3) is 7.27. The molecule has 0 amide bonds. The van der Waals surface area contributed by atoms with E-state index in [2.05, 4.69) is 40.3 Å². The second kappa shape index (κ2) is 11.1. The summed E-state index contributed by atoms with van der Waals surface area (Å²) in [5, 5.41) is 3.34. The van der Waals surface area contributed by atoms with Crippen LogP contribution in [0.5, 0.6) is 5.75 Å². The fourth-order valence-corrected chi connectivity index (χ4v) is 2.28. The minimum atomic E-state index is 0.727. The normalized spacial score (nSPS) is 10.8. The van der Waals surface area contributed by atoms with Crippen LogP contribution in [-0.4, -0.2) is 26.9 Å². The molecule has 0 aliphatic rings. The molecule has 1 N–H and O–H groups in total. The van der Waals surface area contributed by atoms with Gasteiger partial charge in [-0.3, -0.25) is 0 Å². The van der Waals surface area contributed by atoms with Crippen LogP contribution in [-0.2, 0) is 11.3 Å². The molecule has 0 bridgehead atoms. The Bertz CT molecular complexity index is 371. The van der Waals surface area contributed by atoms with Gasteiger partial charge in [-0.25, -0.2) is 0 Å². The zero-order valence-corrected chi connectivity index (χ0v) is 14.2. The van der Waals surface area contributed by atoms with Gasteiger partial charge in [0.15, 0.2) is 0 Å². The van der Waals surface area contributed by atoms with Crippen molar-refractivity contribution in [3.05, 3.63) is 28.2 Å². The van der Waals surface area contributed by atoms with Gasteiger partial charge in [0.25, 0.3) is 0 Å². The first-order valence-electron chi connectivity index (χ1n) is 7.38. The van der Waals surface area contributed by atoms with Gasteiger partial charge in [0.05, 0.1) is 13.2 Å². The second-order valence-corrected chi connectivity index (χ2v) is 5.69. The number of unbranched alkanes of at least 4 members (excludes halogenated alkanes) is 3. The van der Waals surface area contributed by atoms with Crippen LogP contribution in [0.4, 0.5) is 0 Å². The summed E-state index contributed by atoms with van der Waals surface area (Å²) in [4.78, 5) is 0. The Balaban J connectivity index is 2.36. The fourth-order valence-electron chi connectivity index (χ4n) is 1.89. The highest BCUT2D eigenvalue weighted by atomic mass is 79.9. The molecule has 1 aromatic carbocycles. The van der Waals surface area contributed by atoms with Crippen molar-refractivity contribution in [1.82, 2.24) is 5.32 Å². The molecule has 20 heavy (non-hydrogen) atoms. The lowest BCUT2D eigenvalue weighted by Crippen LogP contribution is -2.18. The number of halogens is 1. The molecular formula is C16H26BrNO2. The number of ether oxygens (including phenoxy) is 2. The SMILES string of the molecule is CCCCCCOc1ccc(Br)c(CNCCOC)c1. The molecule has 1 rings (SSSR count). The second-order valence-electron chi connectivity index (χ2n) is 4.83. The van der Waals surface area contributed by atoms with Crippen LogP contribution in [0.3, 0.4) is 0 Å². The molecule has 0 saturated carbocycles. The van der Waals surface area contributed by atoms with Gasteiger partial charge in [-0.2, -0.15) is 0 Å². The predicted octanol–water partition coefficient (Wildman–Crippen LogP) is 4.14. The van der Waals surface area contributed by atoms with Gasteiger partial charge in [0, 0.05) is 24.7 Å². The van der Waals surface area contributed by atoms with E-state index in [0.29, 0.717) is 0 Å². The number of nitrogens with one attached hydrogen (secondary N) is 1. The molecule has 0 unspecified atom stereocenters. The van der Waals surface area contributed by atoms with E-state index in [0.717, 1.165) is 42.9 Å². The van der Waals surface area contributed by atoms with Crippen LogP contribution in [0.1, 0.15) is 38.2 Å². The molecular weight excluding hydrogens is 318 g/mol. The summed E-state index contributed by atoms with van der Waals surface area (Å²) in [5.41, 5.74) is 1.21. The van der Waals surface area contributed by atoms with Crippen LogP contribution in [0.25, 0.3) is 0 Å². The maximum absolute atomic E-state index is 5.80. The van der Waals surface area contributed by atoms with Gasteiger partial charge in [-0.15, -0.1) is 0 Å². The fraction of sp³-hybridized carbons (Fsp3) is 0.625. The third-order valence-corrected chi connectivity index (χ3v) is 3.86. The number of benzene rings is 1. The summed E-state index contributed by atoms with van der Waals surface area (Å²) in [5.74, 6) is 0.952. The van der Waals surface area contributed by atoms with Gasteiger partial charge >= 0.3 is 0 Å². The monoisotopic (exact) mass is 343 g/mol. The molecule has 0 aliphatic heterocycles. The molecule has 0 radical (unpaired) electrons. The van der Waals surface area contributed by atoms with Crippen LogP contribution in [0.15, 0.2) is 22.7 Å².